The van der Waals surface area contributed by atoms with Gasteiger partial charge in [0.2, 0.25) is 6.79 Å². The summed E-state index contributed by atoms with van der Waals surface area (Å²) in [4.78, 5) is 0.321. The number of hydrogen-bond donors (Lipinski definition) is 0. The zero-order valence-corrected chi connectivity index (χ0v) is 9.97. The Balaban J connectivity index is 2.30. The molecule has 2 nitrogen and oxygen atoms in total. The van der Waals surface area contributed by atoms with Gasteiger partial charge in [-0.15, -0.1) is 0 Å². The van der Waals surface area contributed by atoms with Crippen LogP contribution in [0.1, 0.15) is 10.4 Å². The van der Waals surface area contributed by atoms with E-state index in [0.717, 1.165) is 16.8 Å². The fourth-order valence-electron chi connectivity index (χ4n) is 1.20. The maximum Gasteiger partial charge on any atom is 0.231 e. The Morgan fingerprint density at radius 3 is 2.85 bits per heavy atom. The molecule has 1 atom stereocenters. The number of ether oxygens (including phenoxy) is 2. The third-order valence-electron chi connectivity index (χ3n) is 1.89. The van der Waals surface area contributed by atoms with Crippen molar-refractivity contribution in [3.8, 4) is 11.5 Å². The van der Waals surface area contributed by atoms with Crippen LogP contribution in [0.15, 0.2) is 18.2 Å². The molecular weight excluding hydrogens is 300 g/mol. The van der Waals surface area contributed by atoms with Gasteiger partial charge in [0.15, 0.2) is 11.5 Å². The van der Waals surface area contributed by atoms with E-state index in [2.05, 4.69) is 31.9 Å². The van der Waals surface area contributed by atoms with Crippen molar-refractivity contribution in [3.05, 3.63) is 23.8 Å². The first kappa shape index (κ1) is 9.34. The van der Waals surface area contributed by atoms with Gasteiger partial charge in [-0.1, -0.05) is 37.9 Å². The highest BCUT2D eigenvalue weighted by Gasteiger charge is 2.15. The molecule has 0 saturated carbocycles. The lowest BCUT2D eigenvalue weighted by Gasteiger charge is -2.06. The highest BCUT2D eigenvalue weighted by molar-refractivity contribution is 9.12. The minimum Gasteiger partial charge on any atom is -0.454 e. The van der Waals surface area contributed by atoms with Gasteiger partial charge in [-0.3, -0.25) is 0 Å². The van der Waals surface area contributed by atoms with Crippen LogP contribution in [-0.2, 0) is 0 Å². The topological polar surface area (TPSA) is 18.5 Å². The Morgan fingerprint density at radius 1 is 1.31 bits per heavy atom. The predicted molar refractivity (Wildman–Crippen MR) is 58.0 cm³/mol. The van der Waals surface area contributed by atoms with Gasteiger partial charge in [0.25, 0.3) is 0 Å². The molecule has 1 aromatic carbocycles. The maximum atomic E-state index is 5.28. The van der Waals surface area contributed by atoms with Crippen LogP contribution in [0.3, 0.4) is 0 Å². The molecule has 4 heteroatoms. The third-order valence-corrected chi connectivity index (χ3v) is 4.26. The lowest BCUT2D eigenvalue weighted by atomic mass is 10.1. The van der Waals surface area contributed by atoms with E-state index in [-0.39, 0.29) is 0 Å². The van der Waals surface area contributed by atoms with E-state index in [0.29, 0.717) is 11.6 Å². The van der Waals surface area contributed by atoms with Gasteiger partial charge in [-0.2, -0.15) is 0 Å². The van der Waals surface area contributed by atoms with E-state index in [1.165, 1.54) is 5.56 Å². The van der Waals surface area contributed by atoms with Crippen molar-refractivity contribution in [2.75, 3.05) is 12.1 Å². The van der Waals surface area contributed by atoms with Gasteiger partial charge in [-0.25, -0.2) is 0 Å². The molecule has 1 aliphatic rings. The van der Waals surface area contributed by atoms with E-state index < -0.39 is 0 Å². The van der Waals surface area contributed by atoms with Gasteiger partial charge in [-0.05, 0) is 17.7 Å². The second kappa shape index (κ2) is 3.88. The summed E-state index contributed by atoms with van der Waals surface area (Å²) in [7, 11) is 0. The van der Waals surface area contributed by atoms with Gasteiger partial charge < -0.3 is 9.47 Å². The average molecular weight is 308 g/mol. The minimum atomic E-state index is 0.321. The minimum absolute atomic E-state index is 0.321. The first-order chi connectivity index (χ1) is 6.31. The van der Waals surface area contributed by atoms with Crippen molar-refractivity contribution in [2.24, 2.45) is 0 Å². The Kier molecular flexibility index (Phi) is 2.79. The molecule has 0 aliphatic carbocycles. The molecule has 0 fully saturated rings. The van der Waals surface area contributed by atoms with Crippen molar-refractivity contribution in [2.45, 2.75) is 4.83 Å². The molecule has 70 valence electrons. The highest BCUT2D eigenvalue weighted by atomic mass is 79.9. The smallest absolute Gasteiger partial charge is 0.231 e. The SMILES string of the molecule is BrCC(Br)c1ccc2c(c1)OCO2. The van der Waals surface area contributed by atoms with Crippen molar-refractivity contribution >= 4 is 31.9 Å². The first-order valence-corrected chi connectivity index (χ1v) is 5.94. The zero-order chi connectivity index (χ0) is 9.26. The van der Waals surface area contributed by atoms with Gasteiger partial charge in [0.05, 0.1) is 0 Å². The Bertz CT molecular complexity index is 314. The molecule has 1 aliphatic heterocycles. The van der Waals surface area contributed by atoms with Crippen molar-refractivity contribution in [1.29, 1.82) is 0 Å². The van der Waals surface area contributed by atoms with Gasteiger partial charge in [0, 0.05) is 10.2 Å². The Morgan fingerprint density at radius 2 is 2.08 bits per heavy atom. The van der Waals surface area contributed by atoms with Crippen LogP contribution in [0, 0.1) is 0 Å². The summed E-state index contributed by atoms with van der Waals surface area (Å²) in [6, 6.07) is 5.98. The van der Waals surface area contributed by atoms with Crippen molar-refractivity contribution < 1.29 is 9.47 Å². The molecule has 1 aromatic rings. The van der Waals surface area contributed by atoms with Crippen molar-refractivity contribution in [1.82, 2.24) is 0 Å². The van der Waals surface area contributed by atoms with E-state index in [4.69, 9.17) is 9.47 Å². The molecule has 0 saturated heterocycles. The second-order valence-corrected chi connectivity index (χ2v) is 4.49. The van der Waals surface area contributed by atoms with E-state index in [1.807, 2.05) is 18.2 Å². The Hall–Kier alpha value is -0.220. The number of alkyl halides is 2. The summed E-state index contributed by atoms with van der Waals surface area (Å²) in [5.74, 6) is 1.67. The third kappa shape index (κ3) is 1.83. The van der Waals surface area contributed by atoms with Crippen LogP contribution >= 0.6 is 31.9 Å². The van der Waals surface area contributed by atoms with E-state index in [9.17, 15) is 0 Å². The molecule has 0 N–H and O–H groups in total. The predicted octanol–water partition coefficient (Wildman–Crippen LogP) is 3.25. The molecule has 13 heavy (non-hydrogen) atoms. The van der Waals surface area contributed by atoms with E-state index in [1.54, 1.807) is 0 Å². The van der Waals surface area contributed by atoms with Crippen molar-refractivity contribution in [3.63, 3.8) is 0 Å². The molecule has 0 amide bonds. The van der Waals surface area contributed by atoms with Crippen LogP contribution in [0.4, 0.5) is 0 Å². The fraction of sp³-hybridized carbons (Fsp3) is 0.333. The van der Waals surface area contributed by atoms with Crippen LogP contribution in [0.2, 0.25) is 0 Å². The normalized spacial score (nSPS) is 15.8. The number of fused-ring (bicyclic) bond motifs is 1. The summed E-state index contributed by atoms with van der Waals surface area (Å²) in [6.07, 6.45) is 0. The average Bonchev–Trinajstić information content (AvgIpc) is 2.63. The highest BCUT2D eigenvalue weighted by Crippen LogP contribution is 2.36. The fourth-order valence-corrected chi connectivity index (χ4v) is 1.86. The van der Waals surface area contributed by atoms with Crippen LogP contribution < -0.4 is 9.47 Å². The van der Waals surface area contributed by atoms with Gasteiger partial charge >= 0.3 is 0 Å². The zero-order valence-electron chi connectivity index (χ0n) is 6.80. The number of halogens is 2. The summed E-state index contributed by atoms with van der Waals surface area (Å²) in [5, 5.41) is 0.882. The molecule has 1 heterocycles. The quantitative estimate of drug-likeness (QED) is 0.781. The summed E-state index contributed by atoms with van der Waals surface area (Å²) < 4.78 is 10.5. The van der Waals surface area contributed by atoms with Crippen LogP contribution in [-0.4, -0.2) is 12.1 Å². The standard InChI is InChI=1S/C9H8Br2O2/c10-4-7(11)6-1-2-8-9(3-6)13-5-12-8/h1-3,7H,4-5H2. The lowest BCUT2D eigenvalue weighted by molar-refractivity contribution is 0.174. The number of benzene rings is 1. The molecule has 2 rings (SSSR count). The van der Waals surface area contributed by atoms with Gasteiger partial charge in [0.1, 0.15) is 0 Å². The van der Waals surface area contributed by atoms with Crippen LogP contribution in [0.25, 0.3) is 0 Å². The number of hydrogen-bond acceptors (Lipinski definition) is 2. The summed E-state index contributed by atoms with van der Waals surface area (Å²) >= 11 is 6.96. The summed E-state index contributed by atoms with van der Waals surface area (Å²) in [6.45, 7) is 0.333. The maximum absolute atomic E-state index is 5.28. The largest absolute Gasteiger partial charge is 0.454 e. The number of rotatable bonds is 2. The molecule has 0 aromatic heterocycles. The second-order valence-electron chi connectivity index (χ2n) is 2.73. The van der Waals surface area contributed by atoms with Crippen LogP contribution in [0.5, 0.6) is 11.5 Å². The van der Waals surface area contributed by atoms with E-state index >= 15 is 0 Å². The Labute approximate surface area is 93.5 Å². The monoisotopic (exact) mass is 306 g/mol. The first-order valence-electron chi connectivity index (χ1n) is 3.91. The molecule has 0 spiro atoms. The molecule has 0 radical (unpaired) electrons. The molecule has 0 bridgehead atoms. The molecule has 1 unspecified atom stereocenters. The molecular formula is C9H8Br2O2. The summed E-state index contributed by atoms with van der Waals surface area (Å²) in [5.41, 5.74) is 1.20. The lowest BCUT2D eigenvalue weighted by Crippen LogP contribution is -1.93.